The summed E-state index contributed by atoms with van der Waals surface area (Å²) in [6.07, 6.45) is 1.26. The van der Waals surface area contributed by atoms with E-state index in [1.165, 1.54) is 15.7 Å². The molecule has 1 N–H and O–H groups in total. The molecule has 1 heterocycles. The van der Waals surface area contributed by atoms with Gasteiger partial charge in [0.15, 0.2) is 0 Å². The van der Waals surface area contributed by atoms with Gasteiger partial charge in [0.25, 0.3) is 0 Å². The third kappa shape index (κ3) is 3.44. The van der Waals surface area contributed by atoms with Crippen molar-refractivity contribution >= 4 is 51.6 Å². The first-order valence-electron chi connectivity index (χ1n) is 5.78. The van der Waals surface area contributed by atoms with Crippen LogP contribution in [0.15, 0.2) is 18.2 Å². The third-order valence-corrected chi connectivity index (χ3v) is 5.44. The molecule has 1 aromatic rings. The zero-order valence-corrected chi connectivity index (χ0v) is 13.8. The minimum Gasteiger partial charge on any atom is -0.380 e. The third-order valence-electron chi connectivity index (χ3n) is 3.38. The molecular formula is C13H17ClINS. The highest BCUT2D eigenvalue weighted by Crippen LogP contribution is 2.37. The number of rotatable bonds is 2. The van der Waals surface area contributed by atoms with Crippen LogP contribution in [-0.2, 0) is 0 Å². The summed E-state index contributed by atoms with van der Waals surface area (Å²) in [6.45, 7) is 4.68. The molecular weight excluding hydrogens is 365 g/mol. The van der Waals surface area contributed by atoms with Crippen LogP contribution in [0.3, 0.4) is 0 Å². The zero-order valence-electron chi connectivity index (χ0n) is 10.1. The van der Waals surface area contributed by atoms with Gasteiger partial charge in [0, 0.05) is 15.4 Å². The normalized spacial score (nSPS) is 23.4. The van der Waals surface area contributed by atoms with E-state index < -0.39 is 0 Å². The summed E-state index contributed by atoms with van der Waals surface area (Å²) in [5.41, 5.74) is 1.41. The van der Waals surface area contributed by atoms with Crippen LogP contribution in [0.5, 0.6) is 0 Å². The molecule has 1 aliphatic heterocycles. The molecule has 0 aromatic heterocycles. The van der Waals surface area contributed by atoms with Gasteiger partial charge in [0.05, 0.1) is 10.7 Å². The van der Waals surface area contributed by atoms with Crippen molar-refractivity contribution in [2.24, 2.45) is 5.41 Å². The number of anilines is 1. The molecule has 0 amide bonds. The van der Waals surface area contributed by atoms with E-state index in [0.717, 1.165) is 16.5 Å². The summed E-state index contributed by atoms with van der Waals surface area (Å²) in [5, 5.41) is 4.44. The van der Waals surface area contributed by atoms with Crippen molar-refractivity contribution in [1.29, 1.82) is 0 Å². The van der Waals surface area contributed by atoms with Gasteiger partial charge in [-0.3, -0.25) is 0 Å². The molecule has 2 rings (SSSR count). The average Bonchev–Trinajstić information content (AvgIpc) is 2.26. The highest BCUT2D eigenvalue weighted by molar-refractivity contribution is 14.1. The summed E-state index contributed by atoms with van der Waals surface area (Å²) < 4.78 is 1.22. The predicted molar refractivity (Wildman–Crippen MR) is 87.3 cm³/mol. The van der Waals surface area contributed by atoms with E-state index in [9.17, 15) is 0 Å². The molecule has 1 fully saturated rings. The van der Waals surface area contributed by atoms with Gasteiger partial charge in [-0.25, -0.2) is 0 Å². The van der Waals surface area contributed by atoms with E-state index in [0.29, 0.717) is 11.5 Å². The molecule has 1 nitrogen and oxygen atoms in total. The largest absolute Gasteiger partial charge is 0.380 e. The van der Waals surface area contributed by atoms with Gasteiger partial charge in [0.2, 0.25) is 0 Å². The van der Waals surface area contributed by atoms with Crippen LogP contribution in [0.4, 0.5) is 5.69 Å². The van der Waals surface area contributed by atoms with E-state index in [-0.39, 0.29) is 0 Å². The van der Waals surface area contributed by atoms with Crippen molar-refractivity contribution in [3.8, 4) is 0 Å². The Kier molecular flexibility index (Phi) is 4.53. The van der Waals surface area contributed by atoms with Crippen molar-refractivity contribution in [3.63, 3.8) is 0 Å². The van der Waals surface area contributed by atoms with Crippen molar-refractivity contribution in [1.82, 2.24) is 0 Å². The standard InChI is InChI=1S/C13H17ClINS/c1-13(2)5-6-17-8-12(13)16-11-7-9(15)3-4-10(11)14/h3-4,7,12,16H,5-6,8H2,1-2H3. The van der Waals surface area contributed by atoms with Gasteiger partial charge in [-0.05, 0) is 58.4 Å². The molecule has 1 saturated heterocycles. The van der Waals surface area contributed by atoms with Crippen LogP contribution in [0.2, 0.25) is 5.02 Å². The number of benzene rings is 1. The fourth-order valence-corrected chi connectivity index (χ4v) is 4.24. The predicted octanol–water partition coefficient (Wildman–Crippen LogP) is 4.89. The van der Waals surface area contributed by atoms with Gasteiger partial charge in [0.1, 0.15) is 0 Å². The van der Waals surface area contributed by atoms with E-state index in [1.54, 1.807) is 0 Å². The minimum atomic E-state index is 0.343. The van der Waals surface area contributed by atoms with Crippen LogP contribution >= 0.6 is 46.0 Å². The topological polar surface area (TPSA) is 12.0 Å². The second kappa shape index (κ2) is 5.57. The Morgan fingerprint density at radius 1 is 1.47 bits per heavy atom. The molecule has 0 saturated carbocycles. The van der Waals surface area contributed by atoms with Crippen LogP contribution < -0.4 is 5.32 Å². The summed E-state index contributed by atoms with van der Waals surface area (Å²) in [5.74, 6) is 2.43. The number of nitrogens with one attached hydrogen (secondary N) is 1. The Bertz CT molecular complexity index is 408. The average molecular weight is 382 g/mol. The van der Waals surface area contributed by atoms with Crippen molar-refractivity contribution in [2.75, 3.05) is 16.8 Å². The van der Waals surface area contributed by atoms with E-state index in [4.69, 9.17) is 11.6 Å². The fraction of sp³-hybridized carbons (Fsp3) is 0.538. The molecule has 1 aromatic carbocycles. The number of hydrogen-bond donors (Lipinski definition) is 1. The number of thioether (sulfide) groups is 1. The quantitative estimate of drug-likeness (QED) is 0.732. The lowest BCUT2D eigenvalue weighted by atomic mass is 9.82. The number of halogens is 2. The second-order valence-corrected chi connectivity index (χ2v) is 7.94. The number of hydrogen-bond acceptors (Lipinski definition) is 2. The van der Waals surface area contributed by atoms with Crippen LogP contribution in [0.1, 0.15) is 20.3 Å². The van der Waals surface area contributed by atoms with Crippen LogP contribution in [-0.4, -0.2) is 17.5 Å². The molecule has 0 spiro atoms. The Balaban J connectivity index is 2.16. The molecule has 0 radical (unpaired) electrons. The van der Waals surface area contributed by atoms with Crippen LogP contribution in [0.25, 0.3) is 0 Å². The second-order valence-electron chi connectivity index (χ2n) is 5.13. The molecule has 1 aliphatic rings. The molecule has 4 heteroatoms. The first-order chi connectivity index (χ1) is 7.99. The zero-order chi connectivity index (χ0) is 12.5. The molecule has 94 valence electrons. The monoisotopic (exact) mass is 381 g/mol. The maximum atomic E-state index is 6.24. The SMILES string of the molecule is CC1(C)CCSCC1Nc1cc(I)ccc1Cl. The fourth-order valence-electron chi connectivity index (χ4n) is 1.97. The van der Waals surface area contributed by atoms with Crippen molar-refractivity contribution in [2.45, 2.75) is 26.3 Å². The van der Waals surface area contributed by atoms with Crippen LogP contribution in [0, 0.1) is 8.99 Å². The molecule has 1 atom stereocenters. The first-order valence-corrected chi connectivity index (χ1v) is 8.39. The highest BCUT2D eigenvalue weighted by atomic mass is 127. The van der Waals surface area contributed by atoms with E-state index in [2.05, 4.69) is 47.8 Å². The maximum Gasteiger partial charge on any atom is 0.0638 e. The van der Waals surface area contributed by atoms with Gasteiger partial charge < -0.3 is 5.32 Å². The summed E-state index contributed by atoms with van der Waals surface area (Å²) >= 11 is 10.6. The van der Waals surface area contributed by atoms with Gasteiger partial charge >= 0.3 is 0 Å². The first kappa shape index (κ1) is 13.8. The lowest BCUT2D eigenvalue weighted by molar-refractivity contribution is 0.305. The lowest BCUT2D eigenvalue weighted by Crippen LogP contribution is -2.41. The Morgan fingerprint density at radius 3 is 2.94 bits per heavy atom. The summed E-state index contributed by atoms with van der Waals surface area (Å²) in [7, 11) is 0. The Morgan fingerprint density at radius 2 is 2.24 bits per heavy atom. The maximum absolute atomic E-state index is 6.24. The van der Waals surface area contributed by atoms with Gasteiger partial charge in [-0.2, -0.15) is 11.8 Å². The Hall–Kier alpha value is 0.390. The molecule has 0 bridgehead atoms. The van der Waals surface area contributed by atoms with Gasteiger partial charge in [-0.1, -0.05) is 25.4 Å². The summed E-state index contributed by atoms with van der Waals surface area (Å²) in [4.78, 5) is 0. The smallest absolute Gasteiger partial charge is 0.0638 e. The minimum absolute atomic E-state index is 0.343. The van der Waals surface area contributed by atoms with E-state index in [1.807, 2.05) is 23.9 Å². The lowest BCUT2D eigenvalue weighted by Gasteiger charge is -2.39. The van der Waals surface area contributed by atoms with Gasteiger partial charge in [-0.15, -0.1) is 0 Å². The Labute approximate surface area is 126 Å². The summed E-state index contributed by atoms with van der Waals surface area (Å²) in [6, 6.07) is 6.62. The highest BCUT2D eigenvalue weighted by Gasteiger charge is 2.32. The van der Waals surface area contributed by atoms with E-state index >= 15 is 0 Å². The molecule has 0 aliphatic carbocycles. The molecule has 17 heavy (non-hydrogen) atoms. The van der Waals surface area contributed by atoms with Crippen molar-refractivity contribution in [3.05, 3.63) is 26.8 Å². The molecule has 1 unspecified atom stereocenters. The van der Waals surface area contributed by atoms with Crippen molar-refractivity contribution < 1.29 is 0 Å².